The lowest BCUT2D eigenvalue weighted by Gasteiger charge is -2.18. The molecule has 0 saturated carbocycles. The lowest BCUT2D eigenvalue weighted by atomic mass is 10.1. The topological polar surface area (TPSA) is 78.9 Å². The summed E-state index contributed by atoms with van der Waals surface area (Å²) in [7, 11) is 0. The molecule has 0 fully saturated rings. The first-order valence-corrected chi connectivity index (χ1v) is 27.2. The zero-order chi connectivity index (χ0) is 47.9. The van der Waals surface area contributed by atoms with Crippen molar-refractivity contribution in [3.8, 4) is 0 Å². The molecule has 0 aliphatic rings. The average Bonchev–Trinajstić information content (AvgIpc) is 3.31. The van der Waals surface area contributed by atoms with Crippen molar-refractivity contribution in [2.24, 2.45) is 0 Å². The standard InChI is InChI=1S/C60H100O6/c1-4-7-10-13-16-19-22-24-26-28-29-30-31-33-34-36-38-41-44-47-50-53-59(62)65-56-57(55-64-58(61)52-49-46-43-40-21-18-15-12-9-6-3)66-60(63)54-51-48-45-42-39-37-35-32-27-25-23-20-17-14-11-8-5-2/h7-8,10-11,16-17,19-20,24-27,29-30,35,37,57H,4-6,9,12-15,18,21-23,28,31-34,36,38-56H2,1-3H3/b10-7-,11-8-,19-16-,20-17-,26-24-,27-25-,30-29-,37-35-. The lowest BCUT2D eigenvalue weighted by Crippen LogP contribution is -2.30. The van der Waals surface area contributed by atoms with Crippen LogP contribution in [0, 0.1) is 0 Å². The van der Waals surface area contributed by atoms with Crippen LogP contribution in [0.4, 0.5) is 0 Å². The molecule has 0 rings (SSSR count). The Kier molecular flexibility index (Phi) is 50.9. The highest BCUT2D eigenvalue weighted by Gasteiger charge is 2.19. The minimum absolute atomic E-state index is 0.0894. The molecule has 0 amide bonds. The molecule has 6 nitrogen and oxygen atoms in total. The molecule has 0 saturated heterocycles. The summed E-state index contributed by atoms with van der Waals surface area (Å²) < 4.78 is 16.8. The van der Waals surface area contributed by atoms with E-state index < -0.39 is 6.10 Å². The van der Waals surface area contributed by atoms with E-state index in [1.165, 1.54) is 77.0 Å². The van der Waals surface area contributed by atoms with E-state index in [2.05, 4.69) is 118 Å². The van der Waals surface area contributed by atoms with Crippen molar-refractivity contribution in [3.05, 3.63) is 97.2 Å². The molecule has 0 aliphatic carbocycles. The Balaban J connectivity index is 4.38. The zero-order valence-corrected chi connectivity index (χ0v) is 42.9. The fraction of sp³-hybridized carbons (Fsp3) is 0.683. The summed E-state index contributed by atoms with van der Waals surface area (Å²) in [6.45, 7) is 6.37. The summed E-state index contributed by atoms with van der Waals surface area (Å²) in [6.07, 6.45) is 71.1. The maximum Gasteiger partial charge on any atom is 0.306 e. The van der Waals surface area contributed by atoms with Gasteiger partial charge in [0.1, 0.15) is 13.2 Å². The van der Waals surface area contributed by atoms with Crippen LogP contribution < -0.4 is 0 Å². The third kappa shape index (κ3) is 51.3. The van der Waals surface area contributed by atoms with E-state index in [1.54, 1.807) is 0 Å². The molecule has 6 heteroatoms. The highest BCUT2D eigenvalue weighted by Crippen LogP contribution is 2.14. The second-order valence-corrected chi connectivity index (χ2v) is 17.7. The van der Waals surface area contributed by atoms with Gasteiger partial charge in [0, 0.05) is 19.3 Å². The molecule has 0 aliphatic heterocycles. The van der Waals surface area contributed by atoms with Crippen molar-refractivity contribution in [2.45, 2.75) is 252 Å². The molecule has 0 aromatic carbocycles. The van der Waals surface area contributed by atoms with Crippen LogP contribution in [-0.4, -0.2) is 37.2 Å². The van der Waals surface area contributed by atoms with Gasteiger partial charge in [-0.3, -0.25) is 14.4 Å². The number of unbranched alkanes of at least 4 members (excludes halogenated alkanes) is 21. The van der Waals surface area contributed by atoms with Crippen LogP contribution in [0.25, 0.3) is 0 Å². The third-order valence-corrected chi connectivity index (χ3v) is 11.3. The van der Waals surface area contributed by atoms with Gasteiger partial charge in [-0.25, -0.2) is 0 Å². The van der Waals surface area contributed by atoms with Gasteiger partial charge in [-0.05, 0) is 96.3 Å². The van der Waals surface area contributed by atoms with Crippen LogP contribution in [0.5, 0.6) is 0 Å². The molecule has 0 spiro atoms. The third-order valence-electron chi connectivity index (χ3n) is 11.3. The quantitative estimate of drug-likeness (QED) is 0.0262. The smallest absolute Gasteiger partial charge is 0.306 e. The fourth-order valence-electron chi connectivity index (χ4n) is 7.31. The van der Waals surface area contributed by atoms with Crippen molar-refractivity contribution in [1.82, 2.24) is 0 Å². The minimum Gasteiger partial charge on any atom is -0.462 e. The van der Waals surface area contributed by atoms with E-state index in [4.69, 9.17) is 14.2 Å². The Bertz CT molecular complexity index is 1330. The molecular formula is C60H100O6. The first-order chi connectivity index (χ1) is 32.5. The monoisotopic (exact) mass is 917 g/mol. The Hall–Kier alpha value is -3.67. The molecule has 0 aromatic heterocycles. The first-order valence-electron chi connectivity index (χ1n) is 27.2. The Morgan fingerprint density at radius 3 is 0.924 bits per heavy atom. The van der Waals surface area contributed by atoms with E-state index in [-0.39, 0.29) is 31.1 Å². The molecule has 0 N–H and O–H groups in total. The van der Waals surface area contributed by atoms with Crippen molar-refractivity contribution in [2.75, 3.05) is 13.2 Å². The summed E-state index contributed by atoms with van der Waals surface area (Å²) in [5, 5.41) is 0. The molecule has 1 unspecified atom stereocenters. The number of hydrogen-bond acceptors (Lipinski definition) is 6. The van der Waals surface area contributed by atoms with Crippen LogP contribution in [0.2, 0.25) is 0 Å². The van der Waals surface area contributed by atoms with Crippen molar-refractivity contribution in [3.63, 3.8) is 0 Å². The van der Waals surface area contributed by atoms with Crippen LogP contribution in [0.15, 0.2) is 97.2 Å². The van der Waals surface area contributed by atoms with Crippen LogP contribution in [-0.2, 0) is 28.6 Å². The van der Waals surface area contributed by atoms with E-state index in [1.807, 2.05) is 0 Å². The van der Waals surface area contributed by atoms with Gasteiger partial charge in [0.15, 0.2) is 6.10 Å². The van der Waals surface area contributed by atoms with Gasteiger partial charge in [0.25, 0.3) is 0 Å². The van der Waals surface area contributed by atoms with Gasteiger partial charge in [-0.2, -0.15) is 0 Å². The van der Waals surface area contributed by atoms with E-state index in [0.717, 1.165) is 128 Å². The predicted molar refractivity (Wildman–Crippen MR) is 284 cm³/mol. The summed E-state index contributed by atoms with van der Waals surface area (Å²) >= 11 is 0. The van der Waals surface area contributed by atoms with Gasteiger partial charge >= 0.3 is 17.9 Å². The maximum absolute atomic E-state index is 12.8. The first kappa shape index (κ1) is 62.3. The number of carbonyl (C=O) groups is 3. The number of allylic oxidation sites excluding steroid dienone is 16. The van der Waals surface area contributed by atoms with Gasteiger partial charge in [-0.15, -0.1) is 0 Å². The molecule has 0 radical (unpaired) electrons. The number of carbonyl (C=O) groups excluding carboxylic acids is 3. The van der Waals surface area contributed by atoms with E-state index in [0.29, 0.717) is 19.3 Å². The number of esters is 3. The van der Waals surface area contributed by atoms with E-state index >= 15 is 0 Å². The maximum atomic E-state index is 12.8. The second-order valence-electron chi connectivity index (χ2n) is 17.7. The van der Waals surface area contributed by atoms with Gasteiger partial charge < -0.3 is 14.2 Å². The van der Waals surface area contributed by atoms with Crippen LogP contribution >= 0.6 is 0 Å². The van der Waals surface area contributed by atoms with Crippen molar-refractivity contribution < 1.29 is 28.6 Å². The molecular weight excluding hydrogens is 817 g/mol. The minimum atomic E-state index is -0.792. The van der Waals surface area contributed by atoms with E-state index in [9.17, 15) is 14.4 Å². The van der Waals surface area contributed by atoms with Crippen molar-refractivity contribution in [1.29, 1.82) is 0 Å². The molecule has 0 aromatic rings. The van der Waals surface area contributed by atoms with Crippen LogP contribution in [0.1, 0.15) is 245 Å². The fourth-order valence-corrected chi connectivity index (χ4v) is 7.31. The van der Waals surface area contributed by atoms with Crippen molar-refractivity contribution >= 4 is 17.9 Å². The highest BCUT2D eigenvalue weighted by molar-refractivity contribution is 5.71. The summed E-state index contributed by atoms with van der Waals surface area (Å²) in [5.41, 5.74) is 0. The lowest BCUT2D eigenvalue weighted by molar-refractivity contribution is -0.167. The Morgan fingerprint density at radius 1 is 0.318 bits per heavy atom. The average molecular weight is 917 g/mol. The summed E-state index contributed by atoms with van der Waals surface area (Å²) in [6, 6.07) is 0. The molecule has 0 bridgehead atoms. The highest BCUT2D eigenvalue weighted by atomic mass is 16.6. The second kappa shape index (κ2) is 53.9. The van der Waals surface area contributed by atoms with Crippen LogP contribution in [0.3, 0.4) is 0 Å². The predicted octanol–water partition coefficient (Wildman–Crippen LogP) is 18.1. The summed E-state index contributed by atoms with van der Waals surface area (Å²) in [4.78, 5) is 38.0. The van der Waals surface area contributed by atoms with Gasteiger partial charge in [-0.1, -0.05) is 227 Å². The SMILES string of the molecule is CC/C=C\C/C=C\C/C=C\C/C=C\CCCCCCCCCCC(=O)OCC(COC(=O)CCCCCCCCCCCC)OC(=O)CCCCCC/C=C\C/C=C\C/C=C\C/C=C\CC. The molecule has 66 heavy (non-hydrogen) atoms. The number of ether oxygens (including phenoxy) is 3. The Morgan fingerprint density at radius 2 is 0.591 bits per heavy atom. The summed E-state index contributed by atoms with van der Waals surface area (Å²) in [5.74, 6) is -0.923. The number of hydrogen-bond donors (Lipinski definition) is 0. The molecule has 1 atom stereocenters. The van der Waals surface area contributed by atoms with Gasteiger partial charge in [0.2, 0.25) is 0 Å². The number of rotatable bonds is 48. The molecule has 0 heterocycles. The van der Waals surface area contributed by atoms with Gasteiger partial charge in [0.05, 0.1) is 0 Å². The largest absolute Gasteiger partial charge is 0.462 e. The molecule has 376 valence electrons. The normalized spacial score (nSPS) is 12.8. The Labute approximate surface area is 407 Å². The zero-order valence-electron chi connectivity index (χ0n) is 42.9.